The van der Waals surface area contributed by atoms with Crippen LogP contribution >= 0.6 is 0 Å². The van der Waals surface area contributed by atoms with Crippen LogP contribution in [0.4, 0.5) is 5.69 Å². The molecule has 2 amide bonds. The molecule has 1 aliphatic heterocycles. The number of amides is 2. The second-order valence-corrected chi connectivity index (χ2v) is 5.79. The molecular formula is C17H19N3O4. The average molecular weight is 329 g/mol. The van der Waals surface area contributed by atoms with Gasteiger partial charge in [0, 0.05) is 30.8 Å². The second-order valence-electron chi connectivity index (χ2n) is 5.79. The number of hydrogen-bond acceptors (Lipinski definition) is 5. The molecule has 0 aliphatic carbocycles. The van der Waals surface area contributed by atoms with E-state index in [0.29, 0.717) is 18.1 Å². The lowest BCUT2D eigenvalue weighted by Crippen LogP contribution is -2.37. The van der Waals surface area contributed by atoms with Crippen LogP contribution in [0.1, 0.15) is 17.9 Å². The van der Waals surface area contributed by atoms with Crippen LogP contribution in [-0.4, -0.2) is 36.7 Å². The fourth-order valence-corrected chi connectivity index (χ4v) is 2.77. The lowest BCUT2D eigenvalue weighted by atomic mass is 10.2. The molecule has 0 spiro atoms. The Kier molecular flexibility index (Phi) is 4.50. The quantitative estimate of drug-likeness (QED) is 0.897. The molecule has 1 N–H and O–H groups in total. The molecule has 0 saturated carbocycles. The first-order valence-electron chi connectivity index (χ1n) is 7.71. The molecule has 7 nitrogen and oxygen atoms in total. The number of anilines is 1. The van der Waals surface area contributed by atoms with Crippen LogP contribution in [0.2, 0.25) is 0 Å². The highest BCUT2D eigenvalue weighted by Gasteiger charge is 2.31. The molecule has 0 unspecified atom stereocenters. The summed E-state index contributed by atoms with van der Waals surface area (Å²) in [6.45, 7) is 2.24. The maximum atomic E-state index is 12.2. The molecule has 1 atom stereocenters. The van der Waals surface area contributed by atoms with Gasteiger partial charge in [-0.2, -0.15) is 0 Å². The van der Waals surface area contributed by atoms with Crippen molar-refractivity contribution in [1.82, 2.24) is 10.5 Å². The summed E-state index contributed by atoms with van der Waals surface area (Å²) in [7, 11) is 1.58. The molecule has 3 rings (SSSR count). The summed E-state index contributed by atoms with van der Waals surface area (Å²) in [4.78, 5) is 26.0. The van der Waals surface area contributed by atoms with Crippen LogP contribution in [0.3, 0.4) is 0 Å². The third-order valence-corrected chi connectivity index (χ3v) is 3.87. The predicted octanol–water partition coefficient (Wildman–Crippen LogP) is 1.46. The number of carbonyl (C=O) groups is 2. The Morgan fingerprint density at radius 2 is 2.29 bits per heavy atom. The molecule has 1 saturated heterocycles. The summed E-state index contributed by atoms with van der Waals surface area (Å²) in [6.07, 6.45) is 0.392. The Hall–Kier alpha value is -2.83. The number of rotatable bonds is 5. The Morgan fingerprint density at radius 1 is 1.46 bits per heavy atom. The topological polar surface area (TPSA) is 84.7 Å². The number of aromatic nitrogens is 1. The summed E-state index contributed by atoms with van der Waals surface area (Å²) in [5.41, 5.74) is 1.50. The number of carbonyl (C=O) groups excluding carboxylic acids is 2. The van der Waals surface area contributed by atoms with E-state index in [1.165, 1.54) is 0 Å². The Labute approximate surface area is 139 Å². The Bertz CT molecular complexity index is 756. The van der Waals surface area contributed by atoms with Gasteiger partial charge in [0.05, 0.1) is 25.3 Å². The van der Waals surface area contributed by atoms with Crippen molar-refractivity contribution in [3.05, 3.63) is 41.8 Å². The summed E-state index contributed by atoms with van der Waals surface area (Å²) in [6, 6.07) is 8.81. The van der Waals surface area contributed by atoms with Crippen molar-refractivity contribution < 1.29 is 18.8 Å². The van der Waals surface area contributed by atoms with Crippen molar-refractivity contribution >= 4 is 17.5 Å². The van der Waals surface area contributed by atoms with Crippen LogP contribution < -0.4 is 15.0 Å². The number of ether oxygens (including phenoxy) is 1. The molecule has 0 radical (unpaired) electrons. The lowest BCUT2D eigenvalue weighted by Gasteiger charge is -2.17. The van der Waals surface area contributed by atoms with E-state index < -0.39 is 0 Å². The third kappa shape index (κ3) is 3.56. The molecule has 1 aromatic heterocycles. The summed E-state index contributed by atoms with van der Waals surface area (Å²) in [5, 5.41) is 6.63. The lowest BCUT2D eigenvalue weighted by molar-refractivity contribution is -0.121. The van der Waals surface area contributed by atoms with Crippen LogP contribution in [0.5, 0.6) is 5.75 Å². The van der Waals surface area contributed by atoms with E-state index in [0.717, 1.165) is 11.4 Å². The Balaban J connectivity index is 1.60. The van der Waals surface area contributed by atoms with Gasteiger partial charge in [0.1, 0.15) is 11.5 Å². The molecule has 0 bridgehead atoms. The molecule has 2 heterocycles. The van der Waals surface area contributed by atoms with E-state index in [4.69, 9.17) is 9.26 Å². The van der Waals surface area contributed by atoms with Crippen LogP contribution in [0.25, 0.3) is 0 Å². The smallest absolute Gasteiger partial charge is 0.229 e. The van der Waals surface area contributed by atoms with Gasteiger partial charge in [0.25, 0.3) is 0 Å². The zero-order chi connectivity index (χ0) is 17.1. The predicted molar refractivity (Wildman–Crippen MR) is 86.8 cm³/mol. The van der Waals surface area contributed by atoms with Gasteiger partial charge in [-0.1, -0.05) is 11.2 Å². The van der Waals surface area contributed by atoms with E-state index in [2.05, 4.69) is 10.5 Å². The van der Waals surface area contributed by atoms with Gasteiger partial charge in [-0.25, -0.2) is 0 Å². The monoisotopic (exact) mass is 329 g/mol. The number of benzene rings is 1. The van der Waals surface area contributed by atoms with E-state index in [9.17, 15) is 9.59 Å². The van der Waals surface area contributed by atoms with E-state index in [1.807, 2.05) is 18.2 Å². The number of nitrogens with zero attached hydrogens (tertiary/aromatic N) is 2. The van der Waals surface area contributed by atoms with Crippen molar-refractivity contribution in [2.24, 2.45) is 0 Å². The van der Waals surface area contributed by atoms with Gasteiger partial charge < -0.3 is 19.5 Å². The van der Waals surface area contributed by atoms with Gasteiger partial charge in [0.15, 0.2) is 0 Å². The fourth-order valence-electron chi connectivity index (χ4n) is 2.77. The summed E-state index contributed by atoms with van der Waals surface area (Å²) < 4.78 is 10.2. The standard InChI is InChI=1S/C17H19N3O4/c1-11-6-15(24-19-11)9-16(21)18-12-7-17(22)20(10-12)13-4-3-5-14(8-13)23-2/h3-6,8,12H,7,9-10H2,1-2H3,(H,18,21)/t12-/m1/s1. The molecule has 1 aromatic carbocycles. The van der Waals surface area contributed by atoms with Gasteiger partial charge in [-0.15, -0.1) is 0 Å². The summed E-state index contributed by atoms with van der Waals surface area (Å²) in [5.74, 6) is 0.993. The molecule has 24 heavy (non-hydrogen) atoms. The van der Waals surface area contributed by atoms with Crippen molar-refractivity contribution in [3.63, 3.8) is 0 Å². The largest absolute Gasteiger partial charge is 0.497 e. The van der Waals surface area contributed by atoms with Gasteiger partial charge in [0.2, 0.25) is 11.8 Å². The molecule has 2 aromatic rings. The third-order valence-electron chi connectivity index (χ3n) is 3.87. The van der Waals surface area contributed by atoms with Crippen LogP contribution in [-0.2, 0) is 16.0 Å². The van der Waals surface area contributed by atoms with Gasteiger partial charge in [-0.05, 0) is 19.1 Å². The molecule has 7 heteroatoms. The molecule has 1 aliphatic rings. The van der Waals surface area contributed by atoms with E-state index in [1.54, 1.807) is 31.1 Å². The highest BCUT2D eigenvalue weighted by atomic mass is 16.5. The van der Waals surface area contributed by atoms with Crippen LogP contribution in [0.15, 0.2) is 34.9 Å². The SMILES string of the molecule is COc1cccc(N2C[C@H](NC(=O)Cc3cc(C)no3)CC2=O)c1. The minimum Gasteiger partial charge on any atom is -0.497 e. The number of nitrogens with one attached hydrogen (secondary N) is 1. The second kappa shape index (κ2) is 6.74. The van der Waals surface area contributed by atoms with Crippen molar-refractivity contribution in [3.8, 4) is 5.75 Å². The summed E-state index contributed by atoms with van der Waals surface area (Å²) >= 11 is 0. The van der Waals surface area contributed by atoms with Crippen LogP contribution in [0, 0.1) is 6.92 Å². The van der Waals surface area contributed by atoms with Crippen molar-refractivity contribution in [2.45, 2.75) is 25.8 Å². The average Bonchev–Trinajstić information content (AvgIpc) is 3.12. The Morgan fingerprint density at radius 3 is 3.00 bits per heavy atom. The first-order valence-corrected chi connectivity index (χ1v) is 7.71. The van der Waals surface area contributed by atoms with Gasteiger partial charge >= 0.3 is 0 Å². The fraction of sp³-hybridized carbons (Fsp3) is 0.353. The van der Waals surface area contributed by atoms with Crippen molar-refractivity contribution in [1.29, 1.82) is 0 Å². The maximum Gasteiger partial charge on any atom is 0.229 e. The minimum absolute atomic E-state index is 0.0240. The molecule has 126 valence electrons. The zero-order valence-corrected chi connectivity index (χ0v) is 13.6. The number of methoxy groups -OCH3 is 1. The molecule has 1 fully saturated rings. The van der Waals surface area contributed by atoms with E-state index in [-0.39, 0.29) is 30.7 Å². The first kappa shape index (κ1) is 16.0. The highest BCUT2D eigenvalue weighted by Crippen LogP contribution is 2.25. The normalized spacial score (nSPS) is 17.2. The van der Waals surface area contributed by atoms with E-state index >= 15 is 0 Å². The highest BCUT2D eigenvalue weighted by molar-refractivity contribution is 5.97. The first-order chi connectivity index (χ1) is 11.5. The number of aryl methyl sites for hydroxylation is 1. The number of hydrogen-bond donors (Lipinski definition) is 1. The zero-order valence-electron chi connectivity index (χ0n) is 13.6. The van der Waals surface area contributed by atoms with Crippen molar-refractivity contribution in [2.75, 3.05) is 18.6 Å². The maximum absolute atomic E-state index is 12.2. The minimum atomic E-state index is -0.222. The molecular weight excluding hydrogens is 310 g/mol. The van der Waals surface area contributed by atoms with Gasteiger partial charge in [-0.3, -0.25) is 9.59 Å².